The van der Waals surface area contributed by atoms with Crippen molar-refractivity contribution in [2.75, 3.05) is 38.0 Å². The van der Waals surface area contributed by atoms with Crippen LogP contribution < -0.4 is 19.7 Å². The van der Waals surface area contributed by atoms with Gasteiger partial charge in [0, 0.05) is 29.7 Å². The van der Waals surface area contributed by atoms with Gasteiger partial charge in [0.1, 0.15) is 0 Å². The molecule has 0 aliphatic carbocycles. The van der Waals surface area contributed by atoms with Crippen LogP contribution in [-0.2, 0) is 11.2 Å². The van der Waals surface area contributed by atoms with Gasteiger partial charge in [0.25, 0.3) is 0 Å². The van der Waals surface area contributed by atoms with E-state index in [2.05, 4.69) is 30.4 Å². The predicted molar refractivity (Wildman–Crippen MR) is 124 cm³/mol. The number of amides is 1. The largest absolute Gasteiger partial charge is 0.493 e. The molecule has 1 aliphatic rings. The van der Waals surface area contributed by atoms with E-state index in [1.165, 1.54) is 10.5 Å². The van der Waals surface area contributed by atoms with Gasteiger partial charge in [0.15, 0.2) is 11.5 Å². The Morgan fingerprint density at radius 3 is 2.70 bits per heavy atom. The fraction of sp³-hybridized carbons (Fsp3) is 0.458. The highest BCUT2D eigenvalue weighted by Gasteiger charge is 2.28. The number of fused-ring (bicyclic) bond motifs is 1. The fourth-order valence-electron chi connectivity index (χ4n) is 3.84. The second kappa shape index (κ2) is 11.3. The number of carbonyl (C=O) groups excluding carboxylic acids is 1. The molecule has 3 rings (SSSR count). The average Bonchev–Trinajstić information content (AvgIpc) is 2.97. The minimum Gasteiger partial charge on any atom is -0.493 e. The second-order valence-electron chi connectivity index (χ2n) is 7.37. The van der Waals surface area contributed by atoms with Crippen molar-refractivity contribution >= 4 is 23.4 Å². The van der Waals surface area contributed by atoms with Gasteiger partial charge in [0.2, 0.25) is 5.91 Å². The number of anilines is 1. The number of thioether (sulfide) groups is 1. The second-order valence-corrected chi connectivity index (χ2v) is 8.51. The van der Waals surface area contributed by atoms with Crippen molar-refractivity contribution in [3.05, 3.63) is 48.0 Å². The number of para-hydroxylation sites is 1. The first-order chi connectivity index (χ1) is 14.7. The number of benzene rings is 2. The molecule has 2 aromatic rings. The smallest absolute Gasteiger partial charge is 0.228 e. The third-order valence-corrected chi connectivity index (χ3v) is 6.59. The molecule has 1 amide bonds. The van der Waals surface area contributed by atoms with E-state index in [1.54, 1.807) is 14.2 Å². The summed E-state index contributed by atoms with van der Waals surface area (Å²) in [5.74, 6) is 2.74. The Hall–Kier alpha value is -2.18. The lowest BCUT2D eigenvalue weighted by atomic mass is 10.1. The van der Waals surface area contributed by atoms with Crippen LogP contribution >= 0.6 is 11.8 Å². The number of nitrogens with zero attached hydrogens (tertiary/aromatic N) is 1. The van der Waals surface area contributed by atoms with Crippen molar-refractivity contribution in [1.82, 2.24) is 5.32 Å². The summed E-state index contributed by atoms with van der Waals surface area (Å²) < 4.78 is 10.7. The maximum absolute atomic E-state index is 13.1. The molecule has 30 heavy (non-hydrogen) atoms. The van der Waals surface area contributed by atoms with Gasteiger partial charge >= 0.3 is 0 Å². The molecule has 1 N–H and O–H groups in total. The van der Waals surface area contributed by atoms with E-state index in [1.807, 2.05) is 40.9 Å². The van der Waals surface area contributed by atoms with Crippen LogP contribution in [0.2, 0.25) is 0 Å². The van der Waals surface area contributed by atoms with Crippen molar-refractivity contribution < 1.29 is 14.3 Å². The Morgan fingerprint density at radius 1 is 1.13 bits per heavy atom. The molecular formula is C24H32N2O3S. The first kappa shape index (κ1) is 22.5. The third kappa shape index (κ3) is 5.49. The van der Waals surface area contributed by atoms with Crippen molar-refractivity contribution in [1.29, 1.82) is 0 Å². The molecule has 0 spiro atoms. The quantitative estimate of drug-likeness (QED) is 0.595. The SMILES string of the molecule is CCC1CCSc2ccccc2N1C(=O)CCNCCc1ccc(OC)c(OC)c1. The highest BCUT2D eigenvalue weighted by atomic mass is 32.2. The molecule has 0 radical (unpaired) electrons. The molecule has 1 unspecified atom stereocenters. The summed E-state index contributed by atoms with van der Waals surface area (Å²) in [5.41, 5.74) is 2.25. The summed E-state index contributed by atoms with van der Waals surface area (Å²) in [5, 5.41) is 3.42. The molecule has 0 fully saturated rings. The topological polar surface area (TPSA) is 50.8 Å². The van der Waals surface area contributed by atoms with Crippen LogP contribution in [0, 0.1) is 0 Å². The van der Waals surface area contributed by atoms with Crippen LogP contribution in [0.3, 0.4) is 0 Å². The predicted octanol–water partition coefficient (Wildman–Crippen LogP) is 4.53. The van der Waals surface area contributed by atoms with Crippen molar-refractivity contribution in [2.24, 2.45) is 0 Å². The van der Waals surface area contributed by atoms with Gasteiger partial charge in [-0.25, -0.2) is 0 Å². The molecule has 1 aliphatic heterocycles. The van der Waals surface area contributed by atoms with E-state index < -0.39 is 0 Å². The van der Waals surface area contributed by atoms with Crippen LogP contribution in [0.4, 0.5) is 5.69 Å². The van der Waals surface area contributed by atoms with Crippen molar-refractivity contribution in [3.8, 4) is 11.5 Å². The zero-order chi connectivity index (χ0) is 21.3. The standard InChI is InChI=1S/C24H32N2O3S/c1-4-19-13-16-30-23-8-6-5-7-20(23)26(19)24(27)12-15-25-14-11-18-9-10-21(28-2)22(17-18)29-3/h5-10,17,19,25H,4,11-16H2,1-3H3. The summed E-state index contributed by atoms with van der Waals surface area (Å²) >= 11 is 1.86. The van der Waals surface area contributed by atoms with Crippen LogP contribution in [0.5, 0.6) is 11.5 Å². The number of carbonyl (C=O) groups is 1. The van der Waals surface area contributed by atoms with Crippen LogP contribution in [0.25, 0.3) is 0 Å². The lowest BCUT2D eigenvalue weighted by molar-refractivity contribution is -0.119. The molecule has 0 saturated carbocycles. The Kier molecular flexibility index (Phi) is 8.46. The number of rotatable bonds is 9. The van der Waals surface area contributed by atoms with E-state index in [0.717, 1.165) is 48.7 Å². The van der Waals surface area contributed by atoms with Crippen molar-refractivity contribution in [2.45, 2.75) is 43.5 Å². The highest BCUT2D eigenvalue weighted by Crippen LogP contribution is 2.37. The molecule has 0 saturated heterocycles. The van der Waals surface area contributed by atoms with Gasteiger partial charge in [0.05, 0.1) is 19.9 Å². The number of hydrogen-bond acceptors (Lipinski definition) is 5. The molecule has 1 heterocycles. The number of hydrogen-bond donors (Lipinski definition) is 1. The van der Waals surface area contributed by atoms with E-state index in [0.29, 0.717) is 13.0 Å². The first-order valence-electron chi connectivity index (χ1n) is 10.6. The lowest BCUT2D eigenvalue weighted by Crippen LogP contribution is -2.41. The fourth-order valence-corrected chi connectivity index (χ4v) is 4.94. The number of nitrogens with one attached hydrogen (secondary N) is 1. The average molecular weight is 429 g/mol. The number of ether oxygens (including phenoxy) is 2. The van der Waals surface area contributed by atoms with Gasteiger partial charge in [-0.1, -0.05) is 25.1 Å². The molecular weight excluding hydrogens is 396 g/mol. The number of methoxy groups -OCH3 is 2. The van der Waals surface area contributed by atoms with Crippen LogP contribution in [0.15, 0.2) is 47.4 Å². The summed E-state index contributed by atoms with van der Waals surface area (Å²) in [4.78, 5) is 16.4. The van der Waals surface area contributed by atoms with Gasteiger partial charge in [-0.15, -0.1) is 11.8 Å². The van der Waals surface area contributed by atoms with E-state index in [9.17, 15) is 4.79 Å². The molecule has 0 aromatic heterocycles. The van der Waals surface area contributed by atoms with E-state index in [4.69, 9.17) is 9.47 Å². The molecule has 6 heteroatoms. The van der Waals surface area contributed by atoms with Gasteiger partial charge < -0.3 is 19.7 Å². The highest BCUT2D eigenvalue weighted by molar-refractivity contribution is 7.99. The van der Waals surface area contributed by atoms with Gasteiger partial charge in [-0.2, -0.15) is 0 Å². The van der Waals surface area contributed by atoms with Gasteiger partial charge in [-0.3, -0.25) is 4.79 Å². The minimum atomic E-state index is 0.204. The first-order valence-corrected chi connectivity index (χ1v) is 11.6. The molecule has 162 valence electrons. The minimum absolute atomic E-state index is 0.204. The van der Waals surface area contributed by atoms with Crippen LogP contribution in [0.1, 0.15) is 31.7 Å². The zero-order valence-corrected chi connectivity index (χ0v) is 19.0. The van der Waals surface area contributed by atoms with Crippen molar-refractivity contribution in [3.63, 3.8) is 0 Å². The molecule has 0 bridgehead atoms. The normalized spacial score (nSPS) is 16.0. The van der Waals surface area contributed by atoms with Crippen LogP contribution in [-0.4, -0.2) is 45.0 Å². The van der Waals surface area contributed by atoms with Gasteiger partial charge in [-0.05, 0) is 55.6 Å². The van der Waals surface area contributed by atoms with E-state index >= 15 is 0 Å². The zero-order valence-electron chi connectivity index (χ0n) is 18.1. The lowest BCUT2D eigenvalue weighted by Gasteiger charge is -2.30. The third-order valence-electron chi connectivity index (χ3n) is 5.49. The Bertz CT molecular complexity index is 843. The molecule has 2 aromatic carbocycles. The summed E-state index contributed by atoms with van der Waals surface area (Å²) in [6, 6.07) is 14.5. The summed E-state index contributed by atoms with van der Waals surface area (Å²) in [6.45, 7) is 3.66. The molecule has 5 nitrogen and oxygen atoms in total. The maximum Gasteiger partial charge on any atom is 0.228 e. The maximum atomic E-state index is 13.1. The summed E-state index contributed by atoms with van der Waals surface area (Å²) in [7, 11) is 3.29. The van der Waals surface area contributed by atoms with E-state index in [-0.39, 0.29) is 11.9 Å². The Morgan fingerprint density at radius 2 is 1.93 bits per heavy atom. The molecule has 1 atom stereocenters. The Balaban J connectivity index is 1.53. The summed E-state index contributed by atoms with van der Waals surface area (Å²) in [6.07, 6.45) is 3.39. The monoisotopic (exact) mass is 428 g/mol. The Labute approximate surface area is 184 Å².